The maximum Gasteiger partial charge on any atom is 0.318 e. The molecule has 2 aromatic carbocycles. The van der Waals surface area contributed by atoms with Crippen LogP contribution < -0.4 is 10.1 Å². The number of nitrogens with zero attached hydrogens (tertiary/aromatic N) is 1. The van der Waals surface area contributed by atoms with Gasteiger partial charge in [0.25, 0.3) is 0 Å². The van der Waals surface area contributed by atoms with Crippen LogP contribution in [-0.4, -0.2) is 43.3 Å². The molecule has 30 heavy (non-hydrogen) atoms. The Bertz CT molecular complexity index is 911. The predicted octanol–water partition coefficient (Wildman–Crippen LogP) is 4.00. The fourth-order valence-electron chi connectivity index (χ4n) is 4.01. The summed E-state index contributed by atoms with van der Waals surface area (Å²) in [5.74, 6) is 3.57. The number of carbonyl (C=O) groups is 1. The van der Waals surface area contributed by atoms with Gasteiger partial charge in [0.05, 0.1) is 19.3 Å². The fraction of sp³-hybridized carbons (Fsp3) is 0.400. The molecule has 1 fully saturated rings. The van der Waals surface area contributed by atoms with Crippen LogP contribution in [0, 0.1) is 12.3 Å². The van der Waals surface area contributed by atoms with E-state index in [1.807, 2.05) is 0 Å². The Kier molecular flexibility index (Phi) is 6.56. The van der Waals surface area contributed by atoms with Crippen LogP contribution >= 0.6 is 0 Å². The van der Waals surface area contributed by atoms with Gasteiger partial charge in [0, 0.05) is 19.7 Å². The van der Waals surface area contributed by atoms with Crippen LogP contribution in [0.2, 0.25) is 0 Å². The molecule has 0 aliphatic carbocycles. The van der Waals surface area contributed by atoms with Crippen LogP contribution in [0.15, 0.2) is 42.5 Å². The van der Waals surface area contributed by atoms with Gasteiger partial charge >= 0.3 is 6.03 Å². The first kappa shape index (κ1) is 20.3. The summed E-state index contributed by atoms with van der Waals surface area (Å²) >= 11 is 0. The summed E-state index contributed by atoms with van der Waals surface area (Å²) in [4.78, 5) is 14.2. The van der Waals surface area contributed by atoms with Gasteiger partial charge in [-0.05, 0) is 60.1 Å². The first-order valence-corrected chi connectivity index (χ1v) is 10.7. The largest absolute Gasteiger partial charge is 0.493 e. The molecule has 0 aromatic heterocycles. The zero-order chi connectivity index (χ0) is 20.8. The minimum absolute atomic E-state index is 0.0883. The van der Waals surface area contributed by atoms with Crippen LogP contribution in [-0.2, 0) is 17.7 Å². The highest BCUT2D eigenvalue weighted by Gasteiger charge is 2.22. The third kappa shape index (κ3) is 4.95. The molecule has 5 nitrogen and oxygen atoms in total. The number of urea groups is 1. The highest BCUT2D eigenvalue weighted by Crippen LogP contribution is 2.30. The van der Waals surface area contributed by atoms with E-state index in [2.05, 4.69) is 53.7 Å². The molecule has 2 aliphatic heterocycles. The lowest BCUT2D eigenvalue weighted by Crippen LogP contribution is -2.43. The Balaban J connectivity index is 1.35. The van der Waals surface area contributed by atoms with Gasteiger partial charge in [-0.3, -0.25) is 0 Å². The molecular formula is C25H28N2O3. The van der Waals surface area contributed by atoms with E-state index >= 15 is 0 Å². The number of amides is 2. The van der Waals surface area contributed by atoms with Crippen molar-refractivity contribution in [2.75, 3.05) is 26.3 Å². The van der Waals surface area contributed by atoms with Crippen LogP contribution in [0.25, 0.3) is 11.1 Å². The van der Waals surface area contributed by atoms with Crippen molar-refractivity contribution in [1.82, 2.24) is 10.2 Å². The van der Waals surface area contributed by atoms with Gasteiger partial charge in [-0.25, -0.2) is 4.79 Å². The number of rotatable bonds is 6. The minimum Gasteiger partial charge on any atom is -0.493 e. The Labute approximate surface area is 178 Å². The van der Waals surface area contributed by atoms with Crippen LogP contribution in [0.1, 0.15) is 30.4 Å². The average Bonchev–Trinajstić information content (AvgIpc) is 3.30. The van der Waals surface area contributed by atoms with Crippen molar-refractivity contribution in [2.24, 2.45) is 0 Å². The van der Waals surface area contributed by atoms with E-state index in [-0.39, 0.29) is 18.7 Å². The van der Waals surface area contributed by atoms with E-state index in [1.54, 1.807) is 4.90 Å². The van der Waals surface area contributed by atoms with E-state index in [9.17, 15) is 4.79 Å². The normalized spacial score (nSPS) is 17.5. The SMILES string of the molecule is C#CCN(C[C@@H]1CCCO1)C(=O)NCc1ccc(-c2ccc3c(c2)CCCO3)cc1. The number of hydrogen-bond acceptors (Lipinski definition) is 3. The lowest BCUT2D eigenvalue weighted by atomic mass is 9.98. The van der Waals surface area contributed by atoms with Crippen molar-refractivity contribution in [3.63, 3.8) is 0 Å². The molecule has 0 spiro atoms. The summed E-state index contributed by atoms with van der Waals surface area (Å²) in [5, 5.41) is 2.98. The molecular weight excluding hydrogens is 376 g/mol. The van der Waals surface area contributed by atoms with Gasteiger partial charge in [-0.2, -0.15) is 0 Å². The van der Waals surface area contributed by atoms with Gasteiger partial charge in [0.15, 0.2) is 0 Å². The maximum atomic E-state index is 12.6. The fourth-order valence-corrected chi connectivity index (χ4v) is 4.01. The number of ether oxygens (including phenoxy) is 2. The quantitative estimate of drug-likeness (QED) is 0.741. The van der Waals surface area contributed by atoms with Crippen LogP contribution in [0.3, 0.4) is 0 Å². The summed E-state index contributed by atoms with van der Waals surface area (Å²) in [7, 11) is 0. The number of hydrogen-bond donors (Lipinski definition) is 1. The number of benzene rings is 2. The summed E-state index contributed by atoms with van der Waals surface area (Å²) in [5.41, 5.74) is 4.67. The summed E-state index contributed by atoms with van der Waals surface area (Å²) < 4.78 is 11.3. The van der Waals surface area contributed by atoms with Crippen molar-refractivity contribution in [3.05, 3.63) is 53.6 Å². The standard InChI is InChI=1S/C25H28N2O3/c1-2-13-27(18-23-6-4-14-29-23)25(28)26-17-19-7-9-20(10-8-19)21-11-12-24-22(16-21)5-3-15-30-24/h1,7-12,16,23H,3-6,13-15,17-18H2,(H,26,28)/t23-/m0/s1. The monoisotopic (exact) mass is 404 g/mol. The number of terminal acetylenes is 1. The zero-order valence-electron chi connectivity index (χ0n) is 17.2. The predicted molar refractivity (Wildman–Crippen MR) is 117 cm³/mol. The molecule has 5 heteroatoms. The Hall–Kier alpha value is -2.97. The molecule has 4 rings (SSSR count). The summed E-state index contributed by atoms with van der Waals surface area (Å²) in [6, 6.07) is 14.5. The maximum absolute atomic E-state index is 12.6. The van der Waals surface area contributed by atoms with Gasteiger partial charge in [-0.1, -0.05) is 36.3 Å². The smallest absolute Gasteiger partial charge is 0.318 e. The number of carbonyl (C=O) groups excluding carboxylic acids is 1. The topological polar surface area (TPSA) is 50.8 Å². The van der Waals surface area contributed by atoms with E-state index in [4.69, 9.17) is 15.9 Å². The van der Waals surface area contributed by atoms with Crippen molar-refractivity contribution in [2.45, 2.75) is 38.3 Å². The van der Waals surface area contributed by atoms with Crippen molar-refractivity contribution < 1.29 is 14.3 Å². The highest BCUT2D eigenvalue weighted by atomic mass is 16.5. The molecule has 0 radical (unpaired) electrons. The second-order valence-corrected chi connectivity index (χ2v) is 7.85. The lowest BCUT2D eigenvalue weighted by molar-refractivity contribution is 0.0846. The molecule has 0 saturated carbocycles. The van der Waals surface area contributed by atoms with Crippen LogP contribution in [0.5, 0.6) is 5.75 Å². The van der Waals surface area contributed by atoms with Gasteiger partial charge in [0.2, 0.25) is 0 Å². The molecule has 2 heterocycles. The van der Waals surface area contributed by atoms with Crippen molar-refractivity contribution in [3.8, 4) is 29.2 Å². The van der Waals surface area contributed by atoms with Crippen molar-refractivity contribution in [1.29, 1.82) is 0 Å². The highest BCUT2D eigenvalue weighted by molar-refractivity contribution is 5.74. The lowest BCUT2D eigenvalue weighted by Gasteiger charge is -2.23. The summed E-state index contributed by atoms with van der Waals surface area (Å²) in [6.45, 7) is 2.85. The third-order valence-electron chi connectivity index (χ3n) is 5.66. The molecule has 1 saturated heterocycles. The zero-order valence-corrected chi connectivity index (χ0v) is 17.2. The number of aryl methyl sites for hydroxylation is 1. The second-order valence-electron chi connectivity index (χ2n) is 7.85. The number of nitrogens with one attached hydrogen (secondary N) is 1. The molecule has 156 valence electrons. The number of fused-ring (bicyclic) bond motifs is 1. The summed E-state index contributed by atoms with van der Waals surface area (Å²) in [6.07, 6.45) is 9.68. The second kappa shape index (κ2) is 9.69. The minimum atomic E-state index is -0.151. The van der Waals surface area contributed by atoms with E-state index in [0.29, 0.717) is 13.1 Å². The van der Waals surface area contributed by atoms with Crippen molar-refractivity contribution >= 4 is 6.03 Å². The molecule has 1 atom stereocenters. The van der Waals surface area contributed by atoms with Gasteiger partial charge in [-0.15, -0.1) is 6.42 Å². The average molecular weight is 405 g/mol. The molecule has 0 bridgehead atoms. The van der Waals surface area contributed by atoms with Crippen LogP contribution in [0.4, 0.5) is 4.79 Å². The van der Waals surface area contributed by atoms with Gasteiger partial charge < -0.3 is 19.7 Å². The van der Waals surface area contributed by atoms with E-state index in [0.717, 1.165) is 55.8 Å². The molecule has 1 N–H and O–H groups in total. The first-order valence-electron chi connectivity index (χ1n) is 10.7. The van der Waals surface area contributed by atoms with Gasteiger partial charge in [0.1, 0.15) is 5.75 Å². The molecule has 2 amide bonds. The Morgan fingerprint density at radius 2 is 1.97 bits per heavy atom. The Morgan fingerprint density at radius 3 is 2.73 bits per heavy atom. The van der Waals surface area contributed by atoms with E-state index < -0.39 is 0 Å². The van der Waals surface area contributed by atoms with E-state index in [1.165, 1.54) is 11.1 Å². The molecule has 2 aromatic rings. The molecule has 0 unspecified atom stereocenters. The first-order chi connectivity index (χ1) is 14.7. The molecule has 2 aliphatic rings. The Morgan fingerprint density at radius 1 is 1.13 bits per heavy atom. The third-order valence-corrected chi connectivity index (χ3v) is 5.66.